The summed E-state index contributed by atoms with van der Waals surface area (Å²) in [6, 6.07) is 41.0. The van der Waals surface area contributed by atoms with Crippen LogP contribution in [0.15, 0.2) is 72.8 Å². The minimum atomic E-state index is -1.79. The SMILES string of the molecule is CC1CCCCCC[Si](C)(CCCOC(=O)OCCOCCOC(=O)OCCC[Si]2(C)CCCCCCC(C)O2)O1.CC1CCCCCC[Si](C)(CCCOC(=O)c2cccc(C(=O)CCC[Si]3(C)CCCCCCC(C)O3)c2)O1.CC1CCCCCC[Si](C)(CCCOc2ccc(C(C)(C)c3ccc(OCCC[Si]4(C)CCCCCCC(C)O4)cc3)cc2)O1.CC1CCCCCC[Si](C)(C[Si]2(C)CCCCCCC(C)O2)O1. The van der Waals surface area contributed by atoms with Crippen molar-refractivity contribution in [1.82, 2.24) is 0 Å². The van der Waals surface area contributed by atoms with E-state index in [0.29, 0.717) is 86.2 Å². The predicted molar refractivity (Wildman–Crippen MR) is 629 cm³/mol. The highest BCUT2D eigenvalue weighted by Gasteiger charge is 2.45. The Morgan fingerprint density at radius 2 is 0.507 bits per heavy atom. The molecule has 0 aliphatic carbocycles. The highest BCUT2D eigenvalue weighted by molar-refractivity contribution is 6.91. The Bertz CT molecular complexity index is 3910. The van der Waals surface area contributed by atoms with Crippen LogP contribution in [0, 0.1) is 0 Å². The third-order valence-corrected chi connectivity index (χ3v) is 66.7. The molecule has 8 heterocycles. The van der Waals surface area contributed by atoms with Gasteiger partial charge in [-0.3, -0.25) is 4.79 Å². The molecule has 16 unspecified atom stereocenters. The summed E-state index contributed by atoms with van der Waals surface area (Å²) in [5, 5.41) is 0. The van der Waals surface area contributed by atoms with Crippen LogP contribution in [0.5, 0.6) is 11.5 Å². The first-order valence-electron chi connectivity index (χ1n) is 60.7. The third kappa shape index (κ3) is 54.0. The number of carbonyl (C=O) groups excluding carboxylic acids is 4. The zero-order valence-corrected chi connectivity index (χ0v) is 105. The van der Waals surface area contributed by atoms with E-state index >= 15 is 0 Å². The van der Waals surface area contributed by atoms with Crippen molar-refractivity contribution in [3.8, 4) is 11.5 Å². The van der Waals surface area contributed by atoms with Gasteiger partial charge in [0.05, 0.1) is 51.8 Å². The van der Waals surface area contributed by atoms with Crippen molar-refractivity contribution in [2.75, 3.05) is 59.5 Å². The molecule has 848 valence electrons. The van der Waals surface area contributed by atoms with Crippen molar-refractivity contribution < 1.29 is 92.5 Å². The molecule has 8 fully saturated rings. The van der Waals surface area contributed by atoms with Gasteiger partial charge in [0, 0.05) is 66.2 Å². The van der Waals surface area contributed by atoms with Gasteiger partial charge in [0.25, 0.3) is 0 Å². The summed E-state index contributed by atoms with van der Waals surface area (Å²) in [6.45, 7) is 45.0. The molecule has 0 amide bonds. The van der Waals surface area contributed by atoms with E-state index in [-0.39, 0.29) is 43.6 Å². The number of hydrogen-bond acceptors (Lipinski definition) is 20. The first-order chi connectivity index (χ1) is 70.9. The maximum absolute atomic E-state index is 13.0. The first-order valence-corrected chi connectivity index (χ1v) is 83.3. The maximum atomic E-state index is 13.0. The molecule has 8 saturated heterocycles. The van der Waals surface area contributed by atoms with Gasteiger partial charge in [-0.15, -0.1) is 0 Å². The molecule has 0 radical (unpaired) electrons. The minimum Gasteiger partial charge on any atom is -0.494 e. The van der Waals surface area contributed by atoms with E-state index in [1.807, 2.05) is 6.07 Å². The normalized spacial score (nSPS) is 30.2. The van der Waals surface area contributed by atoms with E-state index in [4.69, 9.17) is 73.3 Å². The minimum absolute atomic E-state index is 0.0831. The monoisotopic (exact) mass is 2200 g/mol. The molecule has 0 spiro atoms. The van der Waals surface area contributed by atoms with E-state index < -0.39 is 78.8 Å². The molecule has 8 aliphatic rings. The number of ether oxygens (including phenoxy) is 8. The van der Waals surface area contributed by atoms with Crippen LogP contribution in [-0.2, 0) is 69.2 Å². The van der Waals surface area contributed by atoms with Crippen LogP contribution >= 0.6 is 0 Å². The predicted octanol–water partition coefficient (Wildman–Crippen LogP) is 34.9. The Balaban J connectivity index is 0.000000246. The van der Waals surface area contributed by atoms with Gasteiger partial charge in [0.1, 0.15) is 24.7 Å². The van der Waals surface area contributed by atoms with Gasteiger partial charge in [0.2, 0.25) is 0 Å². The molecule has 0 N–H and O–H groups in total. The highest BCUT2D eigenvalue weighted by atomic mass is 28.4. The lowest BCUT2D eigenvalue weighted by molar-refractivity contribution is 0.00603. The van der Waals surface area contributed by atoms with Crippen molar-refractivity contribution >= 4 is 90.6 Å². The largest absolute Gasteiger partial charge is 0.508 e. The lowest BCUT2D eigenvalue weighted by atomic mass is 9.78. The molecule has 148 heavy (non-hydrogen) atoms. The standard InChI is InChI=1S/C39H64O4Si2.C32H54O5Si2.C30H58O9Si2.C19H40O2Si2/c1-33-17-11-7-9-13-29-44(5,42-33)31-15-27-40-37-23-19-35(20-24-37)39(3,4)36-21-25-38(26-22-36)41-28-16-32-45(6)30-14-10-8-12-18-34(2)43-45;1-27-16-9-5-7-11-22-38(3,36-27)24-14-20-31(33)29-18-13-19-30(26-29)32(34)35-21-15-25-39(4)23-12-8-6-10-17-28(2)37-39;1-27-15-9-5-7-11-23-40(3,38-27)25-13-17-34-29(31)36-21-19-33-20-22-37-30(32)35-18-14-26-41(4)24-12-8-6-10-16-28(2)39-41;1-18-13-9-5-7-11-15-22(3,20-18)17-23(4)16-12-8-6-10-14-19(2)21-23/h19-26,33-34H,7-18,27-32H2,1-6H3;13,18-19,26-28H,5-12,14-17,20-25H2,1-4H3;27-28H,5-26H2,1-4H3;18-19H,5-17H2,1-4H3. The van der Waals surface area contributed by atoms with E-state index in [1.54, 1.807) is 18.2 Å². The number of Topliss-reactive ketones (excluding diaryl/α,β-unsaturated/α-hetero) is 1. The lowest BCUT2D eigenvalue weighted by Crippen LogP contribution is -2.50. The molecule has 20 nitrogen and oxygen atoms in total. The summed E-state index contributed by atoms with van der Waals surface area (Å²) >= 11 is 0. The van der Waals surface area contributed by atoms with Crippen LogP contribution in [0.1, 0.15) is 403 Å². The summed E-state index contributed by atoms with van der Waals surface area (Å²) < 4.78 is 96.8. The Kier molecular flexibility index (Phi) is 61.4. The number of hydrogen-bond donors (Lipinski definition) is 0. The van der Waals surface area contributed by atoms with Gasteiger partial charge in [0.15, 0.2) is 72.3 Å². The Labute approximate surface area is 910 Å². The molecule has 0 bridgehead atoms. The molecule has 28 heteroatoms. The van der Waals surface area contributed by atoms with Crippen LogP contribution in [0.25, 0.3) is 0 Å². The number of benzene rings is 3. The van der Waals surface area contributed by atoms with Gasteiger partial charge in [-0.2, -0.15) is 0 Å². The molecule has 8 aliphatic heterocycles. The molecule has 0 saturated carbocycles. The number of carbonyl (C=O) groups is 4. The third-order valence-electron chi connectivity index (χ3n) is 33.2. The van der Waals surface area contributed by atoms with Crippen LogP contribution in [0.4, 0.5) is 9.59 Å². The second kappa shape index (κ2) is 70.2. The molecule has 3 aromatic carbocycles. The molecule has 0 aromatic heterocycles. The van der Waals surface area contributed by atoms with E-state index in [1.165, 1.54) is 308 Å². The van der Waals surface area contributed by atoms with Gasteiger partial charge >= 0.3 is 18.3 Å². The fraction of sp³-hybridized carbons (Fsp3) is 0.817. The number of rotatable bonds is 38. The smallest absolute Gasteiger partial charge is 0.494 e. The van der Waals surface area contributed by atoms with Crippen LogP contribution in [0.2, 0.25) is 143 Å². The summed E-state index contributed by atoms with van der Waals surface area (Å²) in [6.07, 6.45) is 59.5. The summed E-state index contributed by atoms with van der Waals surface area (Å²) in [7, 11) is -13.6. The fourth-order valence-electron chi connectivity index (χ4n) is 24.7. The average molecular weight is 2200 g/mol. The van der Waals surface area contributed by atoms with Crippen molar-refractivity contribution in [2.45, 2.75) is 568 Å². The topological polar surface area (TPSA) is 216 Å². The highest BCUT2D eigenvalue weighted by Crippen LogP contribution is 2.41. The van der Waals surface area contributed by atoms with Crippen molar-refractivity contribution in [2.24, 2.45) is 0 Å². The molecular weight excluding hydrogens is 1990 g/mol. The van der Waals surface area contributed by atoms with Crippen molar-refractivity contribution in [3.05, 3.63) is 95.1 Å². The number of esters is 1. The van der Waals surface area contributed by atoms with Crippen molar-refractivity contribution in [3.63, 3.8) is 0 Å². The Hall–Kier alpha value is -3.68. The summed E-state index contributed by atoms with van der Waals surface area (Å²) in [5.74, 6) is 1.68. The van der Waals surface area contributed by atoms with Crippen LogP contribution in [0.3, 0.4) is 0 Å². The van der Waals surface area contributed by atoms with Gasteiger partial charge in [-0.1, -0.05) is 256 Å². The maximum Gasteiger partial charge on any atom is 0.508 e. The average Bonchev–Trinajstić information content (AvgIpc) is 0.838. The van der Waals surface area contributed by atoms with Crippen LogP contribution < -0.4 is 9.47 Å². The van der Waals surface area contributed by atoms with Gasteiger partial charge in [-0.25, -0.2) is 14.4 Å². The van der Waals surface area contributed by atoms with E-state index in [2.05, 4.69) is 170 Å². The zero-order valence-electron chi connectivity index (χ0n) is 97.4. The second-order valence-corrected chi connectivity index (χ2v) is 82.7. The molecule has 3 aromatic rings. The summed E-state index contributed by atoms with van der Waals surface area (Å²) in [4.78, 5) is 49.5. The first kappa shape index (κ1) is 129. The lowest BCUT2D eigenvalue weighted by Gasteiger charge is -2.39. The Morgan fingerprint density at radius 3 is 0.797 bits per heavy atom. The second-order valence-electron chi connectivity index (χ2n) is 49.2. The Morgan fingerprint density at radius 1 is 0.270 bits per heavy atom. The molecule has 16 atom stereocenters. The quantitative estimate of drug-likeness (QED) is 0.0171. The van der Waals surface area contributed by atoms with Gasteiger partial charge < -0.3 is 73.3 Å². The fourth-order valence-corrected chi connectivity index (χ4v) is 58.3. The van der Waals surface area contributed by atoms with Crippen molar-refractivity contribution in [1.29, 1.82) is 0 Å². The number of ketones is 1. The zero-order chi connectivity index (χ0) is 107. The molecular formula is C120H216O20Si8. The van der Waals surface area contributed by atoms with Gasteiger partial charge in [-0.05, 0) is 335 Å². The van der Waals surface area contributed by atoms with Crippen LogP contribution in [-0.4, -0.2) is 199 Å². The summed E-state index contributed by atoms with van der Waals surface area (Å²) in [5.41, 5.74) is 4.87. The molecule has 11 rings (SSSR count). The van der Waals surface area contributed by atoms with E-state index in [0.717, 1.165) is 113 Å². The van der Waals surface area contributed by atoms with E-state index in [9.17, 15) is 19.2 Å².